The summed E-state index contributed by atoms with van der Waals surface area (Å²) in [7, 11) is 0. The Morgan fingerprint density at radius 3 is 2.22 bits per heavy atom. The first-order chi connectivity index (χ1) is 17.3. The molecule has 0 aliphatic rings. The summed E-state index contributed by atoms with van der Waals surface area (Å²) in [5.74, 6) is -0.384. The van der Waals surface area contributed by atoms with Gasteiger partial charge in [-0.25, -0.2) is 4.79 Å². The zero-order valence-electron chi connectivity index (χ0n) is 19.1. The maximum atomic E-state index is 13.1. The molecule has 0 bridgehead atoms. The Bertz CT molecular complexity index is 1550. The van der Waals surface area contributed by atoms with Crippen LogP contribution in [0.3, 0.4) is 0 Å². The average Bonchev–Trinajstić information content (AvgIpc) is 3.21. The average molecular weight is 489 g/mol. The van der Waals surface area contributed by atoms with E-state index in [-0.39, 0.29) is 5.69 Å². The largest absolute Gasteiger partial charge is 0.493 e. The lowest BCUT2D eigenvalue weighted by atomic mass is 10.0. The normalized spacial score (nSPS) is 11.8. The zero-order valence-corrected chi connectivity index (χ0v) is 19.1. The second-order valence-corrected chi connectivity index (χ2v) is 8.45. The fourth-order valence-electron chi connectivity index (χ4n) is 4.60. The van der Waals surface area contributed by atoms with Crippen molar-refractivity contribution in [2.75, 3.05) is 6.61 Å². The number of rotatable bonds is 7. The van der Waals surface area contributed by atoms with Crippen LogP contribution >= 0.6 is 0 Å². The molecule has 0 atom stereocenters. The number of para-hydroxylation sites is 1. The summed E-state index contributed by atoms with van der Waals surface area (Å²) in [6.07, 6.45) is -3.93. The molecule has 0 aliphatic carbocycles. The minimum atomic E-state index is -4.47. The van der Waals surface area contributed by atoms with Crippen molar-refractivity contribution in [3.05, 3.63) is 102 Å². The molecule has 4 aromatic carbocycles. The highest BCUT2D eigenvalue weighted by Gasteiger charge is 2.30. The third-order valence-electron chi connectivity index (χ3n) is 6.21. The Kier molecular flexibility index (Phi) is 6.14. The predicted molar refractivity (Wildman–Crippen MR) is 133 cm³/mol. The van der Waals surface area contributed by atoms with Crippen LogP contribution in [0.2, 0.25) is 0 Å². The lowest BCUT2D eigenvalue weighted by Gasteiger charge is -2.12. The first-order valence-electron chi connectivity index (χ1n) is 11.5. The molecular formula is C29H22F3NO3. The lowest BCUT2D eigenvalue weighted by Crippen LogP contribution is -2.12. The lowest BCUT2D eigenvalue weighted by molar-refractivity contribution is -0.137. The number of carboxylic acid groups (broad SMARTS) is 1. The summed E-state index contributed by atoms with van der Waals surface area (Å²) in [5.41, 5.74) is 0.790. The highest BCUT2D eigenvalue weighted by molar-refractivity contribution is 6.08. The van der Waals surface area contributed by atoms with Crippen LogP contribution in [0.25, 0.3) is 32.8 Å². The second kappa shape index (κ2) is 9.41. The number of alkyl halides is 3. The fourth-order valence-corrected chi connectivity index (χ4v) is 4.60. The number of ether oxygens (including phenoxy) is 1. The first-order valence-corrected chi connectivity index (χ1v) is 11.5. The molecule has 1 N–H and O–H groups in total. The number of aryl methyl sites for hydroxylation is 1. The summed E-state index contributed by atoms with van der Waals surface area (Å²) >= 11 is 0. The van der Waals surface area contributed by atoms with Gasteiger partial charge in [0.05, 0.1) is 12.2 Å². The monoisotopic (exact) mass is 489 g/mol. The highest BCUT2D eigenvalue weighted by atomic mass is 19.4. The van der Waals surface area contributed by atoms with E-state index in [1.807, 2.05) is 54.6 Å². The topological polar surface area (TPSA) is 51.5 Å². The van der Waals surface area contributed by atoms with Crippen molar-refractivity contribution in [2.45, 2.75) is 19.1 Å². The van der Waals surface area contributed by atoms with Gasteiger partial charge in [0.15, 0.2) is 0 Å². The minimum absolute atomic E-state index is 0.0427. The summed E-state index contributed by atoms with van der Waals surface area (Å²) < 4.78 is 46.9. The molecule has 0 radical (unpaired) electrons. The predicted octanol–water partition coefficient (Wildman–Crippen LogP) is 7.65. The number of carbonyl (C=O) groups is 1. The van der Waals surface area contributed by atoms with Gasteiger partial charge in [0, 0.05) is 28.4 Å². The summed E-state index contributed by atoms with van der Waals surface area (Å²) in [6, 6.07) is 25.6. The molecular weight excluding hydrogens is 467 g/mol. The van der Waals surface area contributed by atoms with Gasteiger partial charge in [0.2, 0.25) is 0 Å². The van der Waals surface area contributed by atoms with E-state index in [2.05, 4.69) is 0 Å². The Labute approximate surface area is 205 Å². The molecule has 0 unspecified atom stereocenters. The second-order valence-electron chi connectivity index (χ2n) is 8.45. The summed E-state index contributed by atoms with van der Waals surface area (Å²) in [6.45, 7) is 0.739. The Morgan fingerprint density at radius 1 is 0.833 bits per heavy atom. The van der Waals surface area contributed by atoms with E-state index in [0.29, 0.717) is 41.6 Å². The molecule has 36 heavy (non-hydrogen) atoms. The highest BCUT2D eigenvalue weighted by Crippen LogP contribution is 2.37. The number of nitrogens with zero attached hydrogens (tertiary/aromatic N) is 1. The third kappa shape index (κ3) is 4.40. The van der Waals surface area contributed by atoms with Gasteiger partial charge in [0.25, 0.3) is 0 Å². The Hall–Kier alpha value is -4.26. The van der Waals surface area contributed by atoms with Crippen LogP contribution < -0.4 is 4.74 Å². The molecule has 182 valence electrons. The van der Waals surface area contributed by atoms with Crippen molar-refractivity contribution in [3.8, 4) is 16.9 Å². The number of benzene rings is 4. The maximum Gasteiger partial charge on any atom is 0.416 e. The maximum absolute atomic E-state index is 13.1. The molecule has 7 heteroatoms. The van der Waals surface area contributed by atoms with Crippen molar-refractivity contribution in [2.24, 2.45) is 0 Å². The number of aromatic nitrogens is 1. The number of aromatic carboxylic acids is 1. The zero-order chi connectivity index (χ0) is 25.3. The molecule has 0 saturated heterocycles. The molecule has 0 spiro atoms. The van der Waals surface area contributed by atoms with E-state index in [1.165, 1.54) is 12.1 Å². The van der Waals surface area contributed by atoms with Crippen molar-refractivity contribution >= 4 is 27.6 Å². The first kappa shape index (κ1) is 23.5. The molecule has 0 amide bonds. The summed E-state index contributed by atoms with van der Waals surface area (Å²) in [5, 5.41) is 12.9. The van der Waals surface area contributed by atoms with E-state index in [1.54, 1.807) is 16.7 Å². The van der Waals surface area contributed by atoms with Crippen LogP contribution in [-0.2, 0) is 12.7 Å². The molecule has 5 aromatic rings. The van der Waals surface area contributed by atoms with Crippen LogP contribution in [-0.4, -0.2) is 22.2 Å². The van der Waals surface area contributed by atoms with Crippen molar-refractivity contribution < 1.29 is 27.8 Å². The number of hydrogen-bond donors (Lipinski definition) is 1. The van der Waals surface area contributed by atoms with Crippen molar-refractivity contribution in [1.29, 1.82) is 0 Å². The van der Waals surface area contributed by atoms with Crippen LogP contribution in [0.5, 0.6) is 5.75 Å². The van der Waals surface area contributed by atoms with E-state index in [0.717, 1.165) is 28.7 Å². The standard InChI is InChI=1S/C29H22F3NO3/c30-29(31,32)21-15-13-20(14-16-21)26-23-10-3-4-11-24(23)33(27(26)28(34)35)17-6-18-36-25-12-5-8-19-7-1-2-9-22(19)25/h1-5,7-16H,6,17-18H2,(H,34,35). The molecule has 0 fully saturated rings. The number of carboxylic acids is 1. The Morgan fingerprint density at radius 2 is 1.50 bits per heavy atom. The Balaban J connectivity index is 1.45. The van der Waals surface area contributed by atoms with Gasteiger partial charge < -0.3 is 14.4 Å². The minimum Gasteiger partial charge on any atom is -0.493 e. The van der Waals surface area contributed by atoms with Gasteiger partial charge in [-0.05, 0) is 41.6 Å². The third-order valence-corrected chi connectivity index (χ3v) is 6.21. The number of fused-ring (bicyclic) bond motifs is 2. The van der Waals surface area contributed by atoms with Crippen LogP contribution in [0.1, 0.15) is 22.5 Å². The number of hydrogen-bond acceptors (Lipinski definition) is 2. The number of halogens is 3. The molecule has 0 saturated carbocycles. The van der Waals surface area contributed by atoms with E-state index in [9.17, 15) is 23.1 Å². The van der Waals surface area contributed by atoms with E-state index >= 15 is 0 Å². The molecule has 1 heterocycles. The molecule has 0 aliphatic heterocycles. The molecule has 4 nitrogen and oxygen atoms in total. The van der Waals surface area contributed by atoms with Gasteiger partial charge in [-0.15, -0.1) is 0 Å². The molecule has 1 aromatic heterocycles. The molecule has 5 rings (SSSR count). The van der Waals surface area contributed by atoms with Crippen LogP contribution in [0.4, 0.5) is 13.2 Å². The van der Waals surface area contributed by atoms with Crippen molar-refractivity contribution in [1.82, 2.24) is 4.57 Å². The SMILES string of the molecule is O=C(O)c1c(-c2ccc(C(F)(F)F)cc2)c2ccccc2n1CCCOc1cccc2ccccc12. The van der Waals surface area contributed by atoms with E-state index < -0.39 is 17.7 Å². The van der Waals surface area contributed by atoms with Crippen LogP contribution in [0, 0.1) is 0 Å². The fraction of sp³-hybridized carbons (Fsp3) is 0.138. The van der Waals surface area contributed by atoms with Gasteiger partial charge in [0.1, 0.15) is 11.4 Å². The van der Waals surface area contributed by atoms with Gasteiger partial charge in [-0.2, -0.15) is 13.2 Å². The summed E-state index contributed by atoms with van der Waals surface area (Å²) in [4.78, 5) is 12.4. The van der Waals surface area contributed by atoms with Crippen LogP contribution in [0.15, 0.2) is 91.0 Å². The van der Waals surface area contributed by atoms with Gasteiger partial charge in [-0.3, -0.25) is 0 Å². The quantitative estimate of drug-likeness (QED) is 0.239. The van der Waals surface area contributed by atoms with Gasteiger partial charge >= 0.3 is 12.1 Å². The van der Waals surface area contributed by atoms with Gasteiger partial charge in [-0.1, -0.05) is 66.7 Å². The smallest absolute Gasteiger partial charge is 0.416 e. The van der Waals surface area contributed by atoms with Crippen molar-refractivity contribution in [3.63, 3.8) is 0 Å². The van der Waals surface area contributed by atoms with E-state index in [4.69, 9.17) is 4.74 Å².